The second kappa shape index (κ2) is 9.75. The molecule has 1 aliphatic heterocycles. The van der Waals surface area contributed by atoms with Crippen molar-refractivity contribution in [1.29, 1.82) is 0 Å². The summed E-state index contributed by atoms with van der Waals surface area (Å²) < 4.78 is 10.0. The van der Waals surface area contributed by atoms with E-state index in [1.54, 1.807) is 0 Å². The lowest BCUT2D eigenvalue weighted by Crippen LogP contribution is -2.37. The van der Waals surface area contributed by atoms with E-state index in [2.05, 4.69) is 4.84 Å². The van der Waals surface area contributed by atoms with Crippen LogP contribution in [0.2, 0.25) is 0 Å². The van der Waals surface area contributed by atoms with Gasteiger partial charge in [-0.05, 0) is 12.8 Å². The van der Waals surface area contributed by atoms with Crippen molar-refractivity contribution in [2.75, 3.05) is 0 Å². The number of carbonyl (C=O) groups excluding carboxylic acids is 5. The molecule has 0 aliphatic carbocycles. The lowest BCUT2D eigenvalue weighted by atomic mass is 10.2. The van der Waals surface area contributed by atoms with Crippen LogP contribution in [0.15, 0.2) is 0 Å². The van der Waals surface area contributed by atoms with E-state index in [0.29, 0.717) is 12.8 Å². The van der Waals surface area contributed by atoms with Gasteiger partial charge in [-0.1, -0.05) is 31.8 Å². The van der Waals surface area contributed by atoms with Crippen molar-refractivity contribution < 1.29 is 38.3 Å². The first kappa shape index (κ1) is 20.6. The van der Waals surface area contributed by atoms with E-state index < -0.39 is 41.9 Å². The maximum Gasteiger partial charge on any atom is 0.330 e. The van der Waals surface area contributed by atoms with Crippen LogP contribution in [-0.4, -0.2) is 47.0 Å². The summed E-state index contributed by atoms with van der Waals surface area (Å²) in [4.78, 5) is 63.6. The number of nitrogens with zero attached hydrogens (tertiary/aromatic N) is 1. The van der Waals surface area contributed by atoms with Crippen molar-refractivity contribution in [3.05, 3.63) is 0 Å². The molecule has 2 atom stereocenters. The Hall–Kier alpha value is -2.45. The van der Waals surface area contributed by atoms with Gasteiger partial charge in [0.25, 0.3) is 0 Å². The third-order valence-electron chi connectivity index (χ3n) is 3.37. The van der Waals surface area contributed by atoms with Crippen LogP contribution in [0.5, 0.6) is 0 Å². The summed E-state index contributed by atoms with van der Waals surface area (Å²) in [6, 6.07) is 0. The average Bonchev–Trinajstić information content (AvgIpc) is 2.76. The predicted molar refractivity (Wildman–Crippen MR) is 82.4 cm³/mol. The summed E-state index contributed by atoms with van der Waals surface area (Å²) in [5.74, 6) is -4.42. The van der Waals surface area contributed by atoms with Gasteiger partial charge in [-0.25, -0.2) is 4.79 Å². The standard InChI is InChI=1S/C16H23NO8/c1-4-6-8-11(19)23-13-14(24-12(20)9-7-5-2)16(22)17(15(13)21)25-10(3)18/h13-14H,4-9H2,1-3H3. The van der Waals surface area contributed by atoms with E-state index in [9.17, 15) is 24.0 Å². The van der Waals surface area contributed by atoms with Crippen molar-refractivity contribution in [1.82, 2.24) is 5.06 Å². The van der Waals surface area contributed by atoms with Crippen molar-refractivity contribution in [3.63, 3.8) is 0 Å². The number of unbranched alkanes of at least 4 members (excludes halogenated alkanes) is 2. The van der Waals surface area contributed by atoms with Crippen LogP contribution in [0.3, 0.4) is 0 Å². The molecule has 0 radical (unpaired) electrons. The van der Waals surface area contributed by atoms with Crippen LogP contribution in [0, 0.1) is 0 Å². The fraction of sp³-hybridized carbons (Fsp3) is 0.688. The molecule has 2 unspecified atom stereocenters. The topological polar surface area (TPSA) is 116 Å². The quantitative estimate of drug-likeness (QED) is 0.444. The minimum Gasteiger partial charge on any atom is -0.447 e. The summed E-state index contributed by atoms with van der Waals surface area (Å²) in [5.41, 5.74) is 0. The molecule has 0 aromatic carbocycles. The Kier molecular flexibility index (Phi) is 8.03. The number of amides is 2. The molecule has 0 aromatic rings. The third kappa shape index (κ3) is 5.84. The molecule has 1 saturated heterocycles. The molecule has 1 heterocycles. The third-order valence-corrected chi connectivity index (χ3v) is 3.37. The molecule has 9 nitrogen and oxygen atoms in total. The van der Waals surface area contributed by atoms with E-state index in [-0.39, 0.29) is 17.9 Å². The zero-order valence-electron chi connectivity index (χ0n) is 14.6. The van der Waals surface area contributed by atoms with Crippen LogP contribution in [0.1, 0.15) is 59.3 Å². The van der Waals surface area contributed by atoms with Gasteiger partial charge in [0.2, 0.25) is 12.2 Å². The number of hydrogen-bond acceptors (Lipinski definition) is 8. The van der Waals surface area contributed by atoms with E-state index in [1.807, 2.05) is 13.8 Å². The van der Waals surface area contributed by atoms with Gasteiger partial charge in [0.05, 0.1) is 0 Å². The van der Waals surface area contributed by atoms with Gasteiger partial charge in [0.15, 0.2) is 0 Å². The van der Waals surface area contributed by atoms with Gasteiger partial charge in [0.1, 0.15) is 0 Å². The predicted octanol–water partition coefficient (Wildman–Crippen LogP) is 1.04. The summed E-state index contributed by atoms with van der Waals surface area (Å²) in [6.45, 7) is 4.75. The second-order valence-corrected chi connectivity index (χ2v) is 5.58. The summed E-state index contributed by atoms with van der Waals surface area (Å²) >= 11 is 0. The molecule has 25 heavy (non-hydrogen) atoms. The first-order chi connectivity index (χ1) is 11.8. The summed E-state index contributed by atoms with van der Waals surface area (Å²) in [6.07, 6.45) is -0.631. The highest BCUT2D eigenvalue weighted by Gasteiger charge is 2.55. The highest BCUT2D eigenvalue weighted by atomic mass is 16.7. The van der Waals surface area contributed by atoms with Crippen molar-refractivity contribution in [3.8, 4) is 0 Å². The van der Waals surface area contributed by atoms with Crippen molar-refractivity contribution in [2.24, 2.45) is 0 Å². The zero-order valence-corrected chi connectivity index (χ0v) is 14.6. The van der Waals surface area contributed by atoms with Gasteiger partial charge < -0.3 is 14.3 Å². The number of carbonyl (C=O) groups is 5. The minimum absolute atomic E-state index is 0.0541. The molecule has 1 rings (SSSR count). The largest absolute Gasteiger partial charge is 0.447 e. The molecule has 0 saturated carbocycles. The molecule has 140 valence electrons. The smallest absolute Gasteiger partial charge is 0.330 e. The molecule has 2 amide bonds. The summed E-state index contributed by atoms with van der Waals surface area (Å²) in [5, 5.41) is 0.178. The Balaban J connectivity index is 2.90. The van der Waals surface area contributed by atoms with Crippen LogP contribution >= 0.6 is 0 Å². The lowest BCUT2D eigenvalue weighted by molar-refractivity contribution is -0.198. The maximum atomic E-state index is 12.2. The van der Waals surface area contributed by atoms with Crippen LogP contribution in [0.4, 0.5) is 0 Å². The highest BCUT2D eigenvalue weighted by molar-refractivity contribution is 6.08. The van der Waals surface area contributed by atoms with E-state index in [1.165, 1.54) is 0 Å². The molecule has 1 fully saturated rings. The molecule has 0 N–H and O–H groups in total. The molecular formula is C16H23NO8. The van der Waals surface area contributed by atoms with Gasteiger partial charge in [-0.3, -0.25) is 19.2 Å². The van der Waals surface area contributed by atoms with Crippen molar-refractivity contribution in [2.45, 2.75) is 71.5 Å². The fourth-order valence-corrected chi connectivity index (χ4v) is 2.08. The number of hydroxylamine groups is 2. The van der Waals surface area contributed by atoms with E-state index in [0.717, 1.165) is 19.8 Å². The lowest BCUT2D eigenvalue weighted by Gasteiger charge is -2.16. The Morgan fingerprint density at radius 3 is 1.60 bits per heavy atom. The zero-order chi connectivity index (χ0) is 19.0. The molecular weight excluding hydrogens is 334 g/mol. The average molecular weight is 357 g/mol. The van der Waals surface area contributed by atoms with E-state index >= 15 is 0 Å². The number of hydrogen-bond donors (Lipinski definition) is 0. The number of imide groups is 1. The Morgan fingerprint density at radius 2 is 1.28 bits per heavy atom. The van der Waals surface area contributed by atoms with Gasteiger partial charge >= 0.3 is 29.7 Å². The Bertz CT molecular complexity index is 504. The number of esters is 2. The van der Waals surface area contributed by atoms with E-state index in [4.69, 9.17) is 9.47 Å². The molecule has 1 aliphatic rings. The molecule has 0 aromatic heterocycles. The fourth-order valence-electron chi connectivity index (χ4n) is 2.08. The normalized spacial score (nSPS) is 19.7. The first-order valence-electron chi connectivity index (χ1n) is 8.27. The second-order valence-electron chi connectivity index (χ2n) is 5.58. The van der Waals surface area contributed by atoms with Crippen LogP contribution in [0.25, 0.3) is 0 Å². The number of rotatable bonds is 9. The summed E-state index contributed by atoms with van der Waals surface area (Å²) in [7, 11) is 0. The molecule has 0 spiro atoms. The highest BCUT2D eigenvalue weighted by Crippen LogP contribution is 2.22. The van der Waals surface area contributed by atoms with Gasteiger partial charge in [0, 0.05) is 19.8 Å². The molecule has 0 bridgehead atoms. The first-order valence-corrected chi connectivity index (χ1v) is 8.27. The van der Waals surface area contributed by atoms with Gasteiger partial charge in [-0.15, -0.1) is 0 Å². The monoisotopic (exact) mass is 357 g/mol. The minimum atomic E-state index is -1.65. The van der Waals surface area contributed by atoms with Crippen LogP contribution in [-0.2, 0) is 38.3 Å². The Labute approximate surface area is 145 Å². The van der Waals surface area contributed by atoms with Gasteiger partial charge in [-0.2, -0.15) is 0 Å². The Morgan fingerprint density at radius 1 is 0.880 bits per heavy atom. The maximum absolute atomic E-state index is 12.2. The number of ether oxygens (including phenoxy) is 2. The van der Waals surface area contributed by atoms with Crippen LogP contribution < -0.4 is 0 Å². The SMILES string of the molecule is CCCCC(=O)OC1C(=O)N(OC(C)=O)C(=O)C1OC(=O)CCCC. The molecule has 9 heteroatoms. The van der Waals surface area contributed by atoms with Crippen molar-refractivity contribution >= 4 is 29.7 Å².